The first kappa shape index (κ1) is 25.2. The van der Waals surface area contributed by atoms with Crippen LogP contribution in [0.3, 0.4) is 0 Å². The maximum Gasteiger partial charge on any atom is 0.407 e. The van der Waals surface area contributed by atoms with E-state index in [0.717, 1.165) is 6.92 Å². The molecule has 0 radical (unpaired) electrons. The number of pyridine rings is 1. The third-order valence-electron chi connectivity index (χ3n) is 4.17. The van der Waals surface area contributed by atoms with Crippen LogP contribution in [0.4, 0.5) is 13.2 Å². The molecule has 0 aliphatic carbocycles. The number of hydrogen-bond acceptors (Lipinski definition) is 4. The molecule has 1 aromatic heterocycles. The highest BCUT2D eigenvalue weighted by Gasteiger charge is 2.27. The predicted octanol–water partition coefficient (Wildman–Crippen LogP) is 5.39. The van der Waals surface area contributed by atoms with Crippen LogP contribution in [0, 0.1) is 0 Å². The second kappa shape index (κ2) is 10.1. The Labute approximate surface area is 191 Å². The Bertz CT molecular complexity index is 1200. The summed E-state index contributed by atoms with van der Waals surface area (Å²) in [6.45, 7) is 4.62. The Morgan fingerprint density at radius 3 is 2.55 bits per heavy atom. The van der Waals surface area contributed by atoms with Crippen LogP contribution in [0.2, 0.25) is 5.02 Å². The van der Waals surface area contributed by atoms with E-state index in [2.05, 4.69) is 32.5 Å². The monoisotopic (exact) mass is 536 g/mol. The number of nitrogens with zero attached hydrogens (tertiary/aromatic N) is 1. The lowest BCUT2D eigenvalue weighted by atomic mass is 10.1. The van der Waals surface area contributed by atoms with Crippen molar-refractivity contribution in [2.75, 3.05) is 12.3 Å². The molecule has 31 heavy (non-hydrogen) atoms. The smallest absolute Gasteiger partial charge is 0.346 e. The van der Waals surface area contributed by atoms with Gasteiger partial charge in [-0.3, -0.25) is 18.8 Å². The second-order valence-electron chi connectivity index (χ2n) is 6.43. The standard InChI is InChI=1S/C20H17BrClF3N2O3S/c1-4-5-12(10(2)26-9-20(23,24)25)8-31(30)19-15(11(3)28)18(29)16-14(22)7-6-13(21)17(16)27-19/h4-7H,1,8-9H2,2-3H3,(H,27,29)/b12-5-,26-10?. The number of nitrogens with one attached hydrogen (secondary N) is 1. The molecule has 0 aliphatic heterocycles. The van der Waals surface area contributed by atoms with Crippen molar-refractivity contribution in [1.29, 1.82) is 0 Å². The fraction of sp³-hybridized carbons (Fsp3) is 0.250. The molecule has 0 saturated heterocycles. The van der Waals surface area contributed by atoms with Gasteiger partial charge in [-0.05, 0) is 47.5 Å². The minimum Gasteiger partial charge on any atom is -0.346 e. The molecule has 1 N–H and O–H groups in total. The van der Waals surface area contributed by atoms with Gasteiger partial charge in [-0.15, -0.1) is 0 Å². The number of Topliss-reactive ketones (excluding diaryl/α,β-unsaturated/α-hetero) is 1. The van der Waals surface area contributed by atoms with E-state index in [1.54, 1.807) is 6.07 Å². The predicted molar refractivity (Wildman–Crippen MR) is 121 cm³/mol. The molecule has 0 saturated carbocycles. The number of aromatic nitrogens is 1. The third kappa shape index (κ3) is 6.02. The summed E-state index contributed by atoms with van der Waals surface area (Å²) in [7, 11) is -1.99. The number of halogens is 5. The van der Waals surface area contributed by atoms with E-state index in [1.807, 2.05) is 0 Å². The van der Waals surface area contributed by atoms with Gasteiger partial charge in [0.15, 0.2) is 5.78 Å². The van der Waals surface area contributed by atoms with Gasteiger partial charge in [-0.25, -0.2) is 0 Å². The molecule has 0 fully saturated rings. The number of benzene rings is 1. The molecule has 11 heteroatoms. The molecular formula is C20H17BrClF3N2O3S. The Morgan fingerprint density at radius 1 is 1.35 bits per heavy atom. The summed E-state index contributed by atoms with van der Waals surface area (Å²) < 4.78 is 51.1. The second-order valence-corrected chi connectivity index (χ2v) is 9.08. The average molecular weight is 538 g/mol. The molecule has 1 unspecified atom stereocenters. The molecule has 0 bridgehead atoms. The lowest BCUT2D eigenvalue weighted by Crippen LogP contribution is -2.22. The summed E-state index contributed by atoms with van der Waals surface area (Å²) in [4.78, 5) is 31.5. The number of alkyl halides is 3. The van der Waals surface area contributed by atoms with E-state index in [9.17, 15) is 27.0 Å². The zero-order valence-corrected chi connectivity index (χ0v) is 19.6. The molecule has 1 heterocycles. The Balaban J connectivity index is 2.61. The molecule has 166 valence electrons. The van der Waals surface area contributed by atoms with Crippen molar-refractivity contribution in [3.63, 3.8) is 0 Å². The summed E-state index contributed by atoms with van der Waals surface area (Å²) >= 11 is 9.41. The van der Waals surface area contributed by atoms with Crippen molar-refractivity contribution in [3.8, 4) is 0 Å². The van der Waals surface area contributed by atoms with E-state index in [0.29, 0.717) is 4.47 Å². The lowest BCUT2D eigenvalue weighted by molar-refractivity contribution is -0.118. The van der Waals surface area contributed by atoms with Gasteiger partial charge in [-0.1, -0.05) is 30.3 Å². The van der Waals surface area contributed by atoms with Crippen molar-refractivity contribution >= 4 is 60.7 Å². The minimum atomic E-state index is -4.49. The summed E-state index contributed by atoms with van der Waals surface area (Å²) in [5.41, 5.74) is -0.524. The number of H-pyrrole nitrogens is 1. The fourth-order valence-electron chi connectivity index (χ4n) is 2.73. The van der Waals surface area contributed by atoms with Crippen molar-refractivity contribution < 1.29 is 22.2 Å². The number of hydrogen-bond donors (Lipinski definition) is 1. The van der Waals surface area contributed by atoms with Crippen LogP contribution in [0.1, 0.15) is 24.2 Å². The van der Waals surface area contributed by atoms with Gasteiger partial charge >= 0.3 is 6.18 Å². The van der Waals surface area contributed by atoms with Gasteiger partial charge in [0, 0.05) is 10.2 Å². The van der Waals surface area contributed by atoms with Crippen molar-refractivity contribution in [3.05, 3.63) is 61.7 Å². The SMILES string of the molecule is C=C/C=C(/CS(=O)c1[nH]c2c(Br)ccc(Cl)c2c(=O)c1C(C)=O)C(C)=NCC(F)(F)F. The normalized spacial score (nSPS) is 14.0. The maximum atomic E-state index is 13.1. The third-order valence-corrected chi connectivity index (χ3v) is 6.48. The molecule has 2 rings (SSSR count). The van der Waals surface area contributed by atoms with E-state index in [4.69, 9.17) is 11.6 Å². The number of aliphatic imine (C=N–C) groups is 1. The van der Waals surface area contributed by atoms with Crippen LogP contribution in [0.5, 0.6) is 0 Å². The Hall–Kier alpha value is -2.04. The first-order chi connectivity index (χ1) is 14.4. The number of rotatable bonds is 7. The van der Waals surface area contributed by atoms with Gasteiger partial charge < -0.3 is 4.98 Å². The average Bonchev–Trinajstić information content (AvgIpc) is 2.67. The van der Waals surface area contributed by atoms with Crippen LogP contribution in [0.15, 0.2) is 55.7 Å². The first-order valence-corrected chi connectivity index (χ1v) is 11.2. The molecule has 0 spiro atoms. The number of allylic oxidation sites excluding steroid dienone is 2. The molecule has 1 aromatic carbocycles. The highest BCUT2D eigenvalue weighted by atomic mass is 79.9. The number of carbonyl (C=O) groups excluding carboxylic acids is 1. The van der Waals surface area contributed by atoms with Crippen LogP contribution in [-0.2, 0) is 10.8 Å². The van der Waals surface area contributed by atoms with Gasteiger partial charge in [0.25, 0.3) is 0 Å². The topological polar surface area (TPSA) is 79.4 Å². The van der Waals surface area contributed by atoms with Crippen LogP contribution < -0.4 is 5.43 Å². The zero-order valence-electron chi connectivity index (χ0n) is 16.4. The zero-order chi connectivity index (χ0) is 23.5. The van der Waals surface area contributed by atoms with Gasteiger partial charge in [-0.2, -0.15) is 13.2 Å². The van der Waals surface area contributed by atoms with Crippen LogP contribution in [0.25, 0.3) is 10.9 Å². The number of carbonyl (C=O) groups is 1. The van der Waals surface area contributed by atoms with Crippen molar-refractivity contribution in [1.82, 2.24) is 4.98 Å². The van der Waals surface area contributed by atoms with Gasteiger partial charge in [0.2, 0.25) is 5.43 Å². The van der Waals surface area contributed by atoms with E-state index in [-0.39, 0.29) is 43.6 Å². The number of aromatic amines is 1. The summed E-state index contributed by atoms with van der Waals surface area (Å²) in [6.07, 6.45) is -1.78. The molecule has 2 aromatic rings. The molecule has 5 nitrogen and oxygen atoms in total. The minimum absolute atomic E-state index is 0.0160. The highest BCUT2D eigenvalue weighted by Crippen LogP contribution is 2.28. The number of ketones is 1. The summed E-state index contributed by atoms with van der Waals surface area (Å²) in [5, 5.41) is 0.0278. The fourth-order valence-corrected chi connectivity index (χ4v) is 4.81. The molecule has 1 atom stereocenters. The van der Waals surface area contributed by atoms with E-state index in [1.165, 1.54) is 25.1 Å². The molecule has 0 amide bonds. The molecular weight excluding hydrogens is 521 g/mol. The largest absolute Gasteiger partial charge is 0.407 e. The summed E-state index contributed by atoms with van der Waals surface area (Å²) in [5.74, 6) is -0.918. The van der Waals surface area contributed by atoms with Crippen LogP contribution in [-0.4, -0.2) is 39.2 Å². The Kier molecular flexibility index (Phi) is 8.18. The van der Waals surface area contributed by atoms with Crippen molar-refractivity contribution in [2.24, 2.45) is 4.99 Å². The maximum absolute atomic E-state index is 13.1. The van der Waals surface area contributed by atoms with E-state index < -0.39 is 34.7 Å². The van der Waals surface area contributed by atoms with Gasteiger partial charge in [0.1, 0.15) is 11.6 Å². The van der Waals surface area contributed by atoms with E-state index >= 15 is 0 Å². The van der Waals surface area contributed by atoms with Gasteiger partial charge in [0.05, 0.1) is 38.0 Å². The lowest BCUT2D eigenvalue weighted by Gasteiger charge is -2.13. The van der Waals surface area contributed by atoms with Crippen molar-refractivity contribution in [2.45, 2.75) is 25.0 Å². The summed E-state index contributed by atoms with van der Waals surface area (Å²) in [6, 6.07) is 3.06. The molecule has 0 aliphatic rings. The number of fused-ring (bicyclic) bond motifs is 1. The Morgan fingerprint density at radius 2 is 2.00 bits per heavy atom. The quantitative estimate of drug-likeness (QED) is 0.292. The highest BCUT2D eigenvalue weighted by molar-refractivity contribution is 9.10. The van der Waals surface area contributed by atoms with Crippen LogP contribution >= 0.6 is 27.5 Å². The first-order valence-electron chi connectivity index (χ1n) is 8.70.